The second kappa shape index (κ2) is 7.21. The van der Waals surface area contributed by atoms with Crippen LogP contribution in [0.25, 0.3) is 6.08 Å². The first-order valence-corrected chi connectivity index (χ1v) is 5.65. The Labute approximate surface area is 105 Å². The van der Waals surface area contributed by atoms with Gasteiger partial charge in [0.15, 0.2) is 0 Å². The number of aromatic nitrogens is 1. The van der Waals surface area contributed by atoms with Crippen molar-refractivity contribution in [3.63, 3.8) is 0 Å². The van der Waals surface area contributed by atoms with Gasteiger partial charge in [-0.05, 0) is 26.0 Å². The minimum atomic E-state index is -0.462. The number of pyridine rings is 1. The number of esters is 2. The maximum Gasteiger partial charge on any atom is 0.338 e. The summed E-state index contributed by atoms with van der Waals surface area (Å²) in [6, 6.07) is 1.54. The number of rotatable bonds is 5. The lowest BCUT2D eigenvalue weighted by Crippen LogP contribution is -2.07. The third-order valence-electron chi connectivity index (χ3n) is 2.03. The molecule has 1 rings (SSSR count). The normalized spacial score (nSPS) is 10.3. The molecule has 0 bridgehead atoms. The van der Waals surface area contributed by atoms with Gasteiger partial charge in [0, 0.05) is 24.0 Å². The number of carbonyl (C=O) groups excluding carboxylic acids is 2. The summed E-state index contributed by atoms with van der Waals surface area (Å²) in [5.41, 5.74) is 0.886. The van der Waals surface area contributed by atoms with Gasteiger partial charge < -0.3 is 9.47 Å². The van der Waals surface area contributed by atoms with Gasteiger partial charge in [-0.25, -0.2) is 9.59 Å². The van der Waals surface area contributed by atoms with E-state index in [1.165, 1.54) is 24.5 Å². The fraction of sp³-hybridized carbons (Fsp3) is 0.308. The fourth-order valence-corrected chi connectivity index (χ4v) is 1.28. The van der Waals surface area contributed by atoms with Gasteiger partial charge >= 0.3 is 11.9 Å². The molecule has 0 aliphatic heterocycles. The van der Waals surface area contributed by atoms with E-state index < -0.39 is 11.9 Å². The van der Waals surface area contributed by atoms with E-state index in [0.29, 0.717) is 24.3 Å². The molecule has 0 saturated heterocycles. The summed E-state index contributed by atoms with van der Waals surface area (Å²) >= 11 is 0. The number of hydrogen-bond donors (Lipinski definition) is 0. The van der Waals surface area contributed by atoms with Crippen molar-refractivity contribution in [2.24, 2.45) is 0 Å². The molecule has 96 valence electrons. The summed E-state index contributed by atoms with van der Waals surface area (Å²) in [5.74, 6) is -0.903. The van der Waals surface area contributed by atoms with Crippen molar-refractivity contribution in [3.8, 4) is 0 Å². The van der Waals surface area contributed by atoms with Crippen LogP contribution in [0.15, 0.2) is 24.5 Å². The van der Waals surface area contributed by atoms with Crippen LogP contribution in [0.1, 0.15) is 29.8 Å². The Morgan fingerprint density at radius 1 is 1.28 bits per heavy atom. The molecule has 0 spiro atoms. The fourth-order valence-electron chi connectivity index (χ4n) is 1.28. The van der Waals surface area contributed by atoms with Gasteiger partial charge in [-0.1, -0.05) is 0 Å². The van der Waals surface area contributed by atoms with Gasteiger partial charge in [-0.15, -0.1) is 0 Å². The number of hydrogen-bond acceptors (Lipinski definition) is 5. The van der Waals surface area contributed by atoms with Crippen LogP contribution in [0.5, 0.6) is 0 Å². The van der Waals surface area contributed by atoms with E-state index in [-0.39, 0.29) is 0 Å². The number of ether oxygens (including phenoxy) is 2. The summed E-state index contributed by atoms with van der Waals surface area (Å²) < 4.78 is 9.66. The predicted octanol–water partition coefficient (Wildman–Crippen LogP) is 1.83. The van der Waals surface area contributed by atoms with Crippen molar-refractivity contribution < 1.29 is 19.1 Å². The predicted molar refractivity (Wildman–Crippen MR) is 65.9 cm³/mol. The van der Waals surface area contributed by atoms with Gasteiger partial charge in [0.1, 0.15) is 0 Å². The molecular weight excluding hydrogens is 234 g/mol. The SMILES string of the molecule is CCOC(=O)/C=C/c1cnccc1C(=O)OCC. The monoisotopic (exact) mass is 249 g/mol. The first-order valence-electron chi connectivity index (χ1n) is 5.65. The molecule has 0 aliphatic rings. The molecule has 0 saturated carbocycles. The maximum atomic E-state index is 11.6. The molecule has 1 aromatic heterocycles. The zero-order chi connectivity index (χ0) is 13.4. The summed E-state index contributed by atoms with van der Waals surface area (Å²) in [6.07, 6.45) is 5.72. The number of nitrogens with zero attached hydrogens (tertiary/aromatic N) is 1. The van der Waals surface area contributed by atoms with Gasteiger partial charge in [-0.2, -0.15) is 0 Å². The van der Waals surface area contributed by atoms with Crippen molar-refractivity contribution in [2.75, 3.05) is 13.2 Å². The van der Waals surface area contributed by atoms with Crippen LogP contribution < -0.4 is 0 Å². The molecule has 0 amide bonds. The van der Waals surface area contributed by atoms with Crippen molar-refractivity contribution in [1.29, 1.82) is 0 Å². The lowest BCUT2D eigenvalue weighted by Gasteiger charge is -2.04. The summed E-state index contributed by atoms with van der Waals surface area (Å²) in [5, 5.41) is 0. The Hall–Kier alpha value is -2.17. The Morgan fingerprint density at radius 3 is 2.67 bits per heavy atom. The molecule has 0 atom stereocenters. The summed E-state index contributed by atoms with van der Waals surface area (Å²) in [7, 11) is 0. The zero-order valence-corrected chi connectivity index (χ0v) is 10.4. The highest BCUT2D eigenvalue weighted by Gasteiger charge is 2.10. The molecule has 0 radical (unpaired) electrons. The van der Waals surface area contributed by atoms with Crippen LogP contribution >= 0.6 is 0 Å². The largest absolute Gasteiger partial charge is 0.463 e. The molecular formula is C13H15NO4. The maximum absolute atomic E-state index is 11.6. The highest BCUT2D eigenvalue weighted by atomic mass is 16.5. The van der Waals surface area contributed by atoms with Gasteiger partial charge in [0.25, 0.3) is 0 Å². The molecule has 1 heterocycles. The minimum absolute atomic E-state index is 0.294. The van der Waals surface area contributed by atoms with Gasteiger partial charge in [0.05, 0.1) is 18.8 Å². The van der Waals surface area contributed by atoms with Crippen molar-refractivity contribution in [2.45, 2.75) is 13.8 Å². The van der Waals surface area contributed by atoms with E-state index in [4.69, 9.17) is 9.47 Å². The van der Waals surface area contributed by atoms with Crippen LogP contribution in [0.2, 0.25) is 0 Å². The van der Waals surface area contributed by atoms with Crippen molar-refractivity contribution in [1.82, 2.24) is 4.98 Å². The molecule has 5 nitrogen and oxygen atoms in total. The molecule has 0 N–H and O–H groups in total. The minimum Gasteiger partial charge on any atom is -0.463 e. The van der Waals surface area contributed by atoms with Crippen LogP contribution in [0.4, 0.5) is 0 Å². The highest BCUT2D eigenvalue weighted by molar-refractivity contribution is 5.95. The van der Waals surface area contributed by atoms with Crippen LogP contribution in [-0.4, -0.2) is 30.1 Å². The smallest absolute Gasteiger partial charge is 0.338 e. The summed E-state index contributed by atoms with van der Waals surface area (Å²) in [4.78, 5) is 26.7. The number of carbonyl (C=O) groups is 2. The first-order chi connectivity index (χ1) is 8.69. The van der Waals surface area contributed by atoms with Crippen LogP contribution in [-0.2, 0) is 14.3 Å². The van der Waals surface area contributed by atoms with Crippen molar-refractivity contribution in [3.05, 3.63) is 35.7 Å². The Bertz CT molecular complexity index is 454. The van der Waals surface area contributed by atoms with E-state index in [1.54, 1.807) is 19.9 Å². The Balaban J connectivity index is 2.88. The molecule has 1 aromatic rings. The zero-order valence-electron chi connectivity index (χ0n) is 10.4. The molecule has 5 heteroatoms. The van der Waals surface area contributed by atoms with E-state index in [2.05, 4.69) is 4.98 Å². The van der Waals surface area contributed by atoms with Crippen molar-refractivity contribution >= 4 is 18.0 Å². The third kappa shape index (κ3) is 4.01. The average Bonchev–Trinajstić information content (AvgIpc) is 2.37. The van der Waals surface area contributed by atoms with E-state index >= 15 is 0 Å². The lowest BCUT2D eigenvalue weighted by molar-refractivity contribution is -0.137. The molecule has 18 heavy (non-hydrogen) atoms. The van der Waals surface area contributed by atoms with Crippen LogP contribution in [0.3, 0.4) is 0 Å². The van der Waals surface area contributed by atoms with Crippen LogP contribution in [0, 0.1) is 0 Å². The molecule has 0 fully saturated rings. The Kier molecular flexibility index (Phi) is 5.57. The average molecular weight is 249 g/mol. The second-order valence-electron chi connectivity index (χ2n) is 3.27. The molecule has 0 aliphatic carbocycles. The molecule has 0 aromatic carbocycles. The Morgan fingerprint density at radius 2 is 2.00 bits per heavy atom. The van der Waals surface area contributed by atoms with E-state index in [1.807, 2.05) is 0 Å². The quantitative estimate of drug-likeness (QED) is 0.588. The summed E-state index contributed by atoms with van der Waals surface area (Å²) in [6.45, 7) is 4.05. The molecule has 0 unspecified atom stereocenters. The third-order valence-corrected chi connectivity index (χ3v) is 2.03. The standard InChI is InChI=1S/C13H15NO4/c1-3-17-12(15)6-5-10-9-14-8-7-11(10)13(16)18-4-2/h5-9H,3-4H2,1-2H3/b6-5+. The van der Waals surface area contributed by atoms with E-state index in [9.17, 15) is 9.59 Å². The topological polar surface area (TPSA) is 65.5 Å². The van der Waals surface area contributed by atoms with E-state index in [0.717, 1.165) is 0 Å². The second-order valence-corrected chi connectivity index (χ2v) is 3.27. The van der Waals surface area contributed by atoms with Gasteiger partial charge in [-0.3, -0.25) is 4.98 Å². The highest BCUT2D eigenvalue weighted by Crippen LogP contribution is 2.10. The first kappa shape index (κ1) is 13.9. The lowest BCUT2D eigenvalue weighted by atomic mass is 10.1. The van der Waals surface area contributed by atoms with Gasteiger partial charge in [0.2, 0.25) is 0 Å².